The van der Waals surface area contributed by atoms with Crippen molar-refractivity contribution in [2.24, 2.45) is 0 Å². The second-order valence-electron chi connectivity index (χ2n) is 5.62. The van der Waals surface area contributed by atoms with Crippen LogP contribution in [0.1, 0.15) is 0 Å². The number of phenolic OH excluding ortho intramolecular Hbond substituents is 1. The molecule has 0 heterocycles. The Balaban J connectivity index is 2.23. The third-order valence-corrected chi connectivity index (χ3v) is 4.25. The highest BCUT2D eigenvalue weighted by atomic mass is 16.6. The number of nitrogens with zero attached hydrogens (tertiary/aromatic N) is 1. The molecule has 1 N–H and O–H groups in total. The standard InChI is InChI=1S/C20H13NO3/c22-20-17-9-5-4-8-15(17)16-11-10-14(21(23)24)12-18(16)19(20)13-6-2-1-3-7-13/h1-12,22H. The number of aromatic hydroxyl groups is 1. The van der Waals surface area contributed by atoms with Crippen molar-refractivity contribution in [2.75, 3.05) is 0 Å². The third-order valence-electron chi connectivity index (χ3n) is 4.25. The molecule has 0 fully saturated rings. The second kappa shape index (κ2) is 5.35. The van der Waals surface area contributed by atoms with Crippen LogP contribution < -0.4 is 0 Å². The van der Waals surface area contributed by atoms with Crippen molar-refractivity contribution in [1.82, 2.24) is 0 Å². The Morgan fingerprint density at radius 2 is 1.38 bits per heavy atom. The lowest BCUT2D eigenvalue weighted by molar-refractivity contribution is -0.384. The lowest BCUT2D eigenvalue weighted by atomic mass is 9.92. The van der Waals surface area contributed by atoms with E-state index in [-0.39, 0.29) is 11.4 Å². The van der Waals surface area contributed by atoms with Gasteiger partial charge in [-0.25, -0.2) is 0 Å². The van der Waals surface area contributed by atoms with E-state index < -0.39 is 4.92 Å². The van der Waals surface area contributed by atoms with Crippen LogP contribution in [0, 0.1) is 10.1 Å². The molecule has 4 nitrogen and oxygen atoms in total. The highest BCUT2D eigenvalue weighted by Gasteiger charge is 2.17. The number of nitro benzene ring substituents is 1. The van der Waals surface area contributed by atoms with E-state index in [9.17, 15) is 15.2 Å². The van der Waals surface area contributed by atoms with Crippen LogP contribution in [0.25, 0.3) is 32.7 Å². The van der Waals surface area contributed by atoms with Gasteiger partial charge in [-0.3, -0.25) is 10.1 Å². The molecule has 0 aliphatic heterocycles. The number of nitro groups is 1. The number of hydrogen-bond donors (Lipinski definition) is 1. The van der Waals surface area contributed by atoms with Crippen LogP contribution >= 0.6 is 0 Å². The van der Waals surface area contributed by atoms with Crippen LogP contribution in [-0.4, -0.2) is 10.0 Å². The average Bonchev–Trinajstić information content (AvgIpc) is 2.62. The molecule has 4 aromatic carbocycles. The second-order valence-corrected chi connectivity index (χ2v) is 5.62. The Hall–Kier alpha value is -3.40. The SMILES string of the molecule is O=[N+]([O-])c1ccc2c(c1)c(-c1ccccc1)c(O)c1ccccc12. The van der Waals surface area contributed by atoms with E-state index in [0.717, 1.165) is 21.7 Å². The number of phenols is 1. The topological polar surface area (TPSA) is 63.4 Å². The van der Waals surface area contributed by atoms with Gasteiger partial charge in [0.1, 0.15) is 5.75 Å². The molecule has 0 aliphatic rings. The minimum Gasteiger partial charge on any atom is -0.507 e. The third kappa shape index (κ3) is 2.08. The summed E-state index contributed by atoms with van der Waals surface area (Å²) >= 11 is 0. The molecule has 0 aliphatic carbocycles. The van der Waals surface area contributed by atoms with Gasteiger partial charge in [-0.1, -0.05) is 54.6 Å². The van der Waals surface area contributed by atoms with Gasteiger partial charge in [0.25, 0.3) is 5.69 Å². The van der Waals surface area contributed by atoms with Gasteiger partial charge in [0.05, 0.1) is 4.92 Å². The van der Waals surface area contributed by atoms with Gasteiger partial charge in [0.15, 0.2) is 0 Å². The Morgan fingerprint density at radius 1 is 0.750 bits per heavy atom. The molecule has 0 atom stereocenters. The highest BCUT2D eigenvalue weighted by molar-refractivity contribution is 6.17. The summed E-state index contributed by atoms with van der Waals surface area (Å²) in [7, 11) is 0. The van der Waals surface area contributed by atoms with Crippen LogP contribution in [0.3, 0.4) is 0 Å². The van der Waals surface area contributed by atoms with E-state index in [1.165, 1.54) is 12.1 Å². The summed E-state index contributed by atoms with van der Waals surface area (Å²) in [6.45, 7) is 0. The fourth-order valence-electron chi connectivity index (χ4n) is 3.17. The molecule has 0 saturated heterocycles. The van der Waals surface area contributed by atoms with Crippen LogP contribution in [0.4, 0.5) is 5.69 Å². The number of benzene rings is 4. The molecule has 4 aromatic rings. The van der Waals surface area contributed by atoms with Crippen molar-refractivity contribution in [3.05, 3.63) is 82.9 Å². The number of rotatable bonds is 2. The van der Waals surface area contributed by atoms with Crippen LogP contribution in [0.5, 0.6) is 5.75 Å². The summed E-state index contributed by atoms with van der Waals surface area (Å²) in [6, 6.07) is 21.8. The molecule has 4 heteroatoms. The van der Waals surface area contributed by atoms with Gasteiger partial charge in [0, 0.05) is 28.5 Å². The Morgan fingerprint density at radius 3 is 2.08 bits per heavy atom. The Bertz CT molecular complexity index is 1090. The van der Waals surface area contributed by atoms with Crippen LogP contribution in [0.15, 0.2) is 72.8 Å². The quantitative estimate of drug-likeness (QED) is 0.311. The Labute approximate surface area is 137 Å². The van der Waals surface area contributed by atoms with Gasteiger partial charge in [-0.2, -0.15) is 0 Å². The fourth-order valence-corrected chi connectivity index (χ4v) is 3.17. The smallest absolute Gasteiger partial charge is 0.270 e. The van der Waals surface area contributed by atoms with Gasteiger partial charge >= 0.3 is 0 Å². The number of fused-ring (bicyclic) bond motifs is 3. The predicted octanol–water partition coefficient (Wildman–Crippen LogP) is 5.27. The number of non-ortho nitro benzene ring substituents is 1. The molecule has 116 valence electrons. The summed E-state index contributed by atoms with van der Waals surface area (Å²) < 4.78 is 0. The van der Waals surface area contributed by atoms with E-state index in [1.807, 2.05) is 54.6 Å². The molecule has 0 aromatic heterocycles. The van der Waals surface area contributed by atoms with Gasteiger partial charge in [-0.05, 0) is 22.4 Å². The van der Waals surface area contributed by atoms with Crippen LogP contribution in [0.2, 0.25) is 0 Å². The van der Waals surface area contributed by atoms with Gasteiger partial charge in [0.2, 0.25) is 0 Å². The molecular formula is C20H13NO3. The molecule has 0 amide bonds. The van der Waals surface area contributed by atoms with E-state index in [2.05, 4.69) is 0 Å². The van der Waals surface area contributed by atoms with E-state index >= 15 is 0 Å². The minimum atomic E-state index is -0.416. The van der Waals surface area contributed by atoms with E-state index in [1.54, 1.807) is 6.07 Å². The molecular weight excluding hydrogens is 302 g/mol. The van der Waals surface area contributed by atoms with Crippen molar-refractivity contribution in [1.29, 1.82) is 0 Å². The van der Waals surface area contributed by atoms with E-state index in [0.29, 0.717) is 10.9 Å². The number of hydrogen-bond acceptors (Lipinski definition) is 3. The summed E-state index contributed by atoms with van der Waals surface area (Å²) in [4.78, 5) is 10.8. The summed E-state index contributed by atoms with van der Waals surface area (Å²) in [5.41, 5.74) is 1.45. The van der Waals surface area contributed by atoms with E-state index in [4.69, 9.17) is 0 Å². The molecule has 0 unspecified atom stereocenters. The first-order chi connectivity index (χ1) is 11.7. The fraction of sp³-hybridized carbons (Fsp3) is 0. The zero-order valence-corrected chi connectivity index (χ0v) is 12.6. The molecule has 0 spiro atoms. The lowest BCUT2D eigenvalue weighted by Gasteiger charge is -2.13. The lowest BCUT2D eigenvalue weighted by Crippen LogP contribution is -1.90. The first kappa shape index (κ1) is 14.2. The molecule has 0 saturated carbocycles. The summed E-state index contributed by atoms with van der Waals surface area (Å²) in [5, 5.41) is 25.2. The van der Waals surface area contributed by atoms with Crippen molar-refractivity contribution in [2.45, 2.75) is 0 Å². The maximum atomic E-state index is 11.2. The molecule has 0 bridgehead atoms. The maximum absolute atomic E-state index is 11.2. The van der Waals surface area contributed by atoms with Gasteiger partial charge < -0.3 is 5.11 Å². The summed E-state index contributed by atoms with van der Waals surface area (Å²) in [6.07, 6.45) is 0. The highest BCUT2D eigenvalue weighted by Crippen LogP contribution is 2.44. The molecule has 0 radical (unpaired) electrons. The average molecular weight is 315 g/mol. The first-order valence-corrected chi connectivity index (χ1v) is 7.54. The zero-order valence-electron chi connectivity index (χ0n) is 12.6. The molecule has 24 heavy (non-hydrogen) atoms. The van der Waals surface area contributed by atoms with Crippen molar-refractivity contribution >= 4 is 27.2 Å². The van der Waals surface area contributed by atoms with Crippen molar-refractivity contribution < 1.29 is 10.0 Å². The minimum absolute atomic E-state index is 0.00867. The van der Waals surface area contributed by atoms with Crippen molar-refractivity contribution in [3.8, 4) is 16.9 Å². The predicted molar refractivity (Wildman–Crippen MR) is 95.2 cm³/mol. The van der Waals surface area contributed by atoms with Gasteiger partial charge in [-0.15, -0.1) is 0 Å². The zero-order chi connectivity index (χ0) is 16.7. The van der Waals surface area contributed by atoms with Crippen molar-refractivity contribution in [3.63, 3.8) is 0 Å². The monoisotopic (exact) mass is 315 g/mol. The van der Waals surface area contributed by atoms with Crippen LogP contribution in [-0.2, 0) is 0 Å². The largest absolute Gasteiger partial charge is 0.507 e. The maximum Gasteiger partial charge on any atom is 0.270 e. The summed E-state index contributed by atoms with van der Waals surface area (Å²) in [5.74, 6) is 0.143. The normalized spacial score (nSPS) is 11.0. The first-order valence-electron chi connectivity index (χ1n) is 7.54. The Kier molecular flexibility index (Phi) is 3.17. The molecule has 4 rings (SSSR count).